The van der Waals surface area contributed by atoms with Gasteiger partial charge in [-0.3, -0.25) is 9.89 Å². The summed E-state index contributed by atoms with van der Waals surface area (Å²) in [4.78, 5) is 14.0. The quantitative estimate of drug-likeness (QED) is 0.756. The summed E-state index contributed by atoms with van der Waals surface area (Å²) in [6.45, 7) is 4.46. The average Bonchev–Trinajstić information content (AvgIpc) is 3.29. The normalized spacial score (nSPS) is 18.5. The fourth-order valence-electron chi connectivity index (χ4n) is 3.93. The first-order valence-corrected chi connectivity index (χ1v) is 10.3. The highest BCUT2D eigenvalue weighted by atomic mass is 32.2. The first-order chi connectivity index (χ1) is 12.7. The van der Waals surface area contributed by atoms with Gasteiger partial charge in [0.05, 0.1) is 0 Å². The van der Waals surface area contributed by atoms with Crippen molar-refractivity contribution >= 4 is 17.7 Å². The Morgan fingerprint density at radius 3 is 2.81 bits per heavy atom. The van der Waals surface area contributed by atoms with E-state index in [9.17, 15) is 4.79 Å². The summed E-state index contributed by atoms with van der Waals surface area (Å²) >= 11 is 1.92. The Labute approximate surface area is 158 Å². The SMILES string of the molecule is Cc1ccc(SC2(CNC(=O)c3n[nH]c4c3CNCC4)CCCC2)cc1. The molecule has 0 saturated heterocycles. The minimum Gasteiger partial charge on any atom is -0.349 e. The molecule has 138 valence electrons. The van der Waals surface area contributed by atoms with Crippen LogP contribution in [0.5, 0.6) is 0 Å². The van der Waals surface area contributed by atoms with Crippen molar-refractivity contribution in [3.05, 3.63) is 46.8 Å². The summed E-state index contributed by atoms with van der Waals surface area (Å²) in [6, 6.07) is 8.70. The lowest BCUT2D eigenvalue weighted by Crippen LogP contribution is -2.39. The zero-order valence-corrected chi connectivity index (χ0v) is 16.0. The van der Waals surface area contributed by atoms with Crippen LogP contribution < -0.4 is 10.6 Å². The highest BCUT2D eigenvalue weighted by Crippen LogP contribution is 2.45. The third-order valence-corrected chi connectivity index (χ3v) is 6.96. The number of carbonyl (C=O) groups is 1. The molecule has 1 aromatic carbocycles. The standard InChI is InChI=1S/C20H26N4OS/c1-14-4-6-15(7-5-14)26-20(9-2-3-10-20)13-22-19(25)18-16-12-21-11-8-17(16)23-24-18/h4-7,21H,2-3,8-13H2,1H3,(H,22,25)(H,23,24). The van der Waals surface area contributed by atoms with Crippen molar-refractivity contribution in [1.29, 1.82) is 0 Å². The minimum atomic E-state index is -0.0537. The van der Waals surface area contributed by atoms with Crippen molar-refractivity contribution < 1.29 is 4.79 Å². The third kappa shape index (κ3) is 3.67. The zero-order valence-electron chi connectivity index (χ0n) is 15.2. The predicted octanol–water partition coefficient (Wildman–Crippen LogP) is 3.20. The van der Waals surface area contributed by atoms with Crippen LogP contribution in [0.25, 0.3) is 0 Å². The lowest BCUT2D eigenvalue weighted by molar-refractivity contribution is 0.0943. The fraction of sp³-hybridized carbons (Fsp3) is 0.500. The van der Waals surface area contributed by atoms with Crippen LogP contribution in [0, 0.1) is 6.92 Å². The van der Waals surface area contributed by atoms with Gasteiger partial charge in [0.2, 0.25) is 0 Å². The van der Waals surface area contributed by atoms with Crippen molar-refractivity contribution in [3.63, 3.8) is 0 Å². The van der Waals surface area contributed by atoms with Crippen molar-refractivity contribution in [1.82, 2.24) is 20.8 Å². The van der Waals surface area contributed by atoms with Crippen LogP contribution in [0.3, 0.4) is 0 Å². The van der Waals surface area contributed by atoms with Crippen LogP contribution in [0.15, 0.2) is 29.2 Å². The van der Waals surface area contributed by atoms with Crippen LogP contribution in [0.1, 0.15) is 53.0 Å². The van der Waals surface area contributed by atoms with Crippen molar-refractivity contribution in [3.8, 4) is 0 Å². The molecule has 1 aromatic heterocycles. The van der Waals surface area contributed by atoms with Gasteiger partial charge in [-0.15, -0.1) is 11.8 Å². The van der Waals surface area contributed by atoms with Gasteiger partial charge in [-0.2, -0.15) is 5.10 Å². The molecule has 1 saturated carbocycles. The molecule has 1 aliphatic carbocycles. The molecule has 1 amide bonds. The van der Waals surface area contributed by atoms with Crippen LogP contribution >= 0.6 is 11.8 Å². The molecule has 2 aliphatic rings. The maximum atomic E-state index is 12.7. The fourth-order valence-corrected chi connectivity index (χ4v) is 5.34. The predicted molar refractivity (Wildman–Crippen MR) is 105 cm³/mol. The molecule has 1 fully saturated rings. The number of aromatic nitrogens is 2. The van der Waals surface area contributed by atoms with Crippen molar-refractivity contribution in [2.24, 2.45) is 0 Å². The van der Waals surface area contributed by atoms with Gasteiger partial charge >= 0.3 is 0 Å². The topological polar surface area (TPSA) is 69.8 Å². The second kappa shape index (κ2) is 7.45. The molecule has 5 nitrogen and oxygen atoms in total. The van der Waals surface area contributed by atoms with Gasteiger partial charge in [-0.25, -0.2) is 0 Å². The molecule has 1 aliphatic heterocycles. The first-order valence-electron chi connectivity index (χ1n) is 9.46. The second-order valence-corrected chi connectivity index (χ2v) is 8.99. The average molecular weight is 371 g/mol. The Hall–Kier alpha value is -1.79. The number of fused-ring (bicyclic) bond motifs is 1. The molecule has 0 unspecified atom stereocenters. The van der Waals surface area contributed by atoms with E-state index in [1.165, 1.54) is 23.3 Å². The van der Waals surface area contributed by atoms with Gasteiger partial charge < -0.3 is 10.6 Å². The molecule has 0 spiro atoms. The van der Waals surface area contributed by atoms with Crippen molar-refractivity contribution in [2.45, 2.75) is 55.2 Å². The molecule has 0 radical (unpaired) electrons. The van der Waals surface area contributed by atoms with Gasteiger partial charge in [0.15, 0.2) is 5.69 Å². The molecule has 0 atom stereocenters. The summed E-state index contributed by atoms with van der Waals surface area (Å²) in [6.07, 6.45) is 5.66. The van der Waals surface area contributed by atoms with Crippen LogP contribution in [0.2, 0.25) is 0 Å². The summed E-state index contributed by atoms with van der Waals surface area (Å²) < 4.78 is 0.0968. The number of nitrogens with one attached hydrogen (secondary N) is 3. The Balaban J connectivity index is 1.44. The summed E-state index contributed by atoms with van der Waals surface area (Å²) in [5.41, 5.74) is 3.96. The maximum Gasteiger partial charge on any atom is 0.272 e. The van der Waals surface area contributed by atoms with Crippen molar-refractivity contribution in [2.75, 3.05) is 13.1 Å². The van der Waals surface area contributed by atoms with Crippen LogP contribution in [-0.2, 0) is 13.0 Å². The summed E-state index contributed by atoms with van der Waals surface area (Å²) in [5.74, 6) is -0.0537. The van der Waals surface area contributed by atoms with E-state index in [2.05, 4.69) is 52.0 Å². The van der Waals surface area contributed by atoms with E-state index < -0.39 is 0 Å². The smallest absolute Gasteiger partial charge is 0.272 e. The highest BCUT2D eigenvalue weighted by Gasteiger charge is 2.36. The lowest BCUT2D eigenvalue weighted by atomic mass is 10.1. The number of thioether (sulfide) groups is 1. The van der Waals surface area contributed by atoms with Gasteiger partial charge in [-0.1, -0.05) is 30.5 Å². The van der Waals surface area contributed by atoms with E-state index in [0.29, 0.717) is 12.2 Å². The number of nitrogens with zero attached hydrogens (tertiary/aromatic N) is 1. The second-order valence-electron chi connectivity index (χ2n) is 7.44. The van der Waals surface area contributed by atoms with E-state index in [-0.39, 0.29) is 10.7 Å². The van der Waals surface area contributed by atoms with Crippen LogP contribution in [0.4, 0.5) is 0 Å². The van der Waals surface area contributed by atoms with Gasteiger partial charge in [0.25, 0.3) is 5.91 Å². The molecule has 2 aromatic rings. The van der Waals surface area contributed by atoms with E-state index in [0.717, 1.165) is 43.6 Å². The maximum absolute atomic E-state index is 12.7. The Kier molecular flexibility index (Phi) is 5.05. The Morgan fingerprint density at radius 1 is 1.27 bits per heavy atom. The molecule has 26 heavy (non-hydrogen) atoms. The number of rotatable bonds is 5. The number of H-pyrrole nitrogens is 1. The largest absolute Gasteiger partial charge is 0.349 e. The molecule has 4 rings (SSSR count). The van der Waals surface area contributed by atoms with Gasteiger partial charge in [-0.05, 0) is 31.9 Å². The van der Waals surface area contributed by atoms with E-state index in [4.69, 9.17) is 0 Å². The number of benzene rings is 1. The summed E-state index contributed by atoms with van der Waals surface area (Å²) in [5, 5.41) is 13.8. The van der Waals surface area contributed by atoms with E-state index >= 15 is 0 Å². The number of hydrogen-bond acceptors (Lipinski definition) is 4. The molecular formula is C20H26N4OS. The van der Waals surface area contributed by atoms with Gasteiger partial charge in [0, 0.05) is 47.0 Å². The highest BCUT2D eigenvalue weighted by molar-refractivity contribution is 8.00. The first kappa shape index (κ1) is 17.6. The molecule has 3 N–H and O–H groups in total. The number of aryl methyl sites for hydroxylation is 1. The number of carbonyl (C=O) groups excluding carboxylic acids is 1. The molecule has 2 heterocycles. The zero-order chi connectivity index (χ0) is 18.0. The molecule has 6 heteroatoms. The van der Waals surface area contributed by atoms with E-state index in [1.807, 2.05) is 11.8 Å². The lowest BCUT2D eigenvalue weighted by Gasteiger charge is -2.28. The monoisotopic (exact) mass is 370 g/mol. The van der Waals surface area contributed by atoms with Crippen LogP contribution in [-0.4, -0.2) is 33.9 Å². The minimum absolute atomic E-state index is 0.0537. The summed E-state index contributed by atoms with van der Waals surface area (Å²) in [7, 11) is 0. The number of hydrogen-bond donors (Lipinski definition) is 3. The van der Waals surface area contributed by atoms with Gasteiger partial charge in [0.1, 0.15) is 0 Å². The third-order valence-electron chi connectivity index (χ3n) is 5.46. The number of aromatic amines is 1. The van der Waals surface area contributed by atoms with E-state index in [1.54, 1.807) is 0 Å². The Morgan fingerprint density at radius 2 is 2.04 bits per heavy atom. The molecule has 0 bridgehead atoms. The Bertz CT molecular complexity index is 778. The number of amides is 1. The molecular weight excluding hydrogens is 344 g/mol.